The van der Waals surface area contributed by atoms with Gasteiger partial charge in [0.15, 0.2) is 0 Å². The fourth-order valence-electron chi connectivity index (χ4n) is 2.61. The maximum absolute atomic E-state index is 6.08. The van der Waals surface area contributed by atoms with Crippen LogP contribution in [0.5, 0.6) is 5.75 Å². The lowest BCUT2D eigenvalue weighted by atomic mass is 10.1. The molecule has 2 N–H and O–H groups in total. The van der Waals surface area contributed by atoms with Crippen molar-refractivity contribution in [2.24, 2.45) is 5.73 Å². The Hall–Kier alpha value is -1.39. The molecule has 0 bridgehead atoms. The topological polar surface area (TPSA) is 48.1 Å². The molecule has 3 rings (SSSR count). The van der Waals surface area contributed by atoms with E-state index >= 15 is 0 Å². The van der Waals surface area contributed by atoms with E-state index in [1.165, 1.54) is 16.0 Å². The maximum Gasteiger partial charge on any atom is 0.122 e. The molecule has 1 atom stereocenters. The molecule has 0 aliphatic heterocycles. The number of aryl methyl sites for hydroxylation is 1. The van der Waals surface area contributed by atoms with Gasteiger partial charge in [0, 0.05) is 17.3 Å². The van der Waals surface area contributed by atoms with Crippen LogP contribution in [0.2, 0.25) is 0 Å². The van der Waals surface area contributed by atoms with Gasteiger partial charge in [-0.3, -0.25) is 0 Å². The number of ether oxygens (including phenoxy) is 1. The van der Waals surface area contributed by atoms with E-state index < -0.39 is 0 Å². The molecule has 0 saturated carbocycles. The first-order valence-electron chi connectivity index (χ1n) is 6.65. The van der Waals surface area contributed by atoms with Gasteiger partial charge >= 0.3 is 0 Å². The lowest BCUT2D eigenvalue weighted by Gasteiger charge is -2.11. The number of aromatic nitrogens is 1. The molecule has 0 fully saturated rings. The Bertz CT molecular complexity index is 579. The molecule has 0 radical (unpaired) electrons. The van der Waals surface area contributed by atoms with Crippen LogP contribution < -0.4 is 10.5 Å². The zero-order chi connectivity index (χ0) is 13.2. The number of nitrogens with zero attached hydrogens (tertiary/aromatic N) is 1. The van der Waals surface area contributed by atoms with E-state index in [1.54, 1.807) is 11.3 Å². The van der Waals surface area contributed by atoms with Crippen molar-refractivity contribution in [3.8, 4) is 5.75 Å². The average molecular weight is 274 g/mol. The Kier molecular flexibility index (Phi) is 3.53. The van der Waals surface area contributed by atoms with Crippen LogP contribution >= 0.6 is 11.3 Å². The van der Waals surface area contributed by atoms with Crippen LogP contribution in [-0.4, -0.2) is 11.6 Å². The van der Waals surface area contributed by atoms with Gasteiger partial charge in [-0.1, -0.05) is 12.1 Å². The van der Waals surface area contributed by atoms with Crippen LogP contribution in [0.3, 0.4) is 0 Å². The van der Waals surface area contributed by atoms with Gasteiger partial charge in [-0.15, -0.1) is 11.3 Å². The number of fused-ring (bicyclic) bond motifs is 1. The number of rotatable bonds is 4. The normalized spacial score (nSPS) is 17.5. The van der Waals surface area contributed by atoms with Crippen molar-refractivity contribution >= 4 is 11.3 Å². The fraction of sp³-hybridized carbons (Fsp3) is 0.400. The third-order valence-corrected chi connectivity index (χ3v) is 4.70. The molecule has 1 aliphatic carbocycles. The molecule has 2 aromatic rings. The Balaban J connectivity index is 1.67. The summed E-state index contributed by atoms with van der Waals surface area (Å²) in [7, 11) is 0. The minimum atomic E-state index is 0.183. The van der Waals surface area contributed by atoms with Gasteiger partial charge in [-0.05, 0) is 37.0 Å². The molecule has 1 aliphatic rings. The molecule has 1 aromatic heterocycles. The standard InChI is InChI=1S/C15H18N2OS/c1-10-15(19-9-17-10)7-8-18-14-4-2-3-11-12(14)5-6-13(11)16/h2-4,9,13H,5-8,16H2,1H3. The van der Waals surface area contributed by atoms with Crippen molar-refractivity contribution in [2.75, 3.05) is 6.61 Å². The number of benzene rings is 1. The van der Waals surface area contributed by atoms with Crippen molar-refractivity contribution in [2.45, 2.75) is 32.2 Å². The third-order valence-electron chi connectivity index (χ3n) is 3.71. The zero-order valence-electron chi connectivity index (χ0n) is 11.1. The second-order valence-corrected chi connectivity index (χ2v) is 5.87. The zero-order valence-corrected chi connectivity index (χ0v) is 11.9. The molecular weight excluding hydrogens is 256 g/mol. The van der Waals surface area contributed by atoms with Gasteiger partial charge in [0.2, 0.25) is 0 Å². The summed E-state index contributed by atoms with van der Waals surface area (Å²) in [5.41, 5.74) is 11.6. The van der Waals surface area contributed by atoms with Gasteiger partial charge in [-0.2, -0.15) is 0 Å². The number of hydrogen-bond donors (Lipinski definition) is 1. The summed E-state index contributed by atoms with van der Waals surface area (Å²) in [6.07, 6.45) is 2.99. The molecular formula is C15H18N2OS. The van der Waals surface area contributed by atoms with E-state index in [0.717, 1.165) is 30.7 Å². The summed E-state index contributed by atoms with van der Waals surface area (Å²) < 4.78 is 5.95. The molecule has 1 aromatic carbocycles. The second kappa shape index (κ2) is 5.31. The quantitative estimate of drug-likeness (QED) is 0.932. The van der Waals surface area contributed by atoms with Crippen LogP contribution in [0.15, 0.2) is 23.7 Å². The summed E-state index contributed by atoms with van der Waals surface area (Å²) in [5.74, 6) is 1.01. The van der Waals surface area contributed by atoms with Crippen LogP contribution in [0.4, 0.5) is 0 Å². The number of hydrogen-bond acceptors (Lipinski definition) is 4. The van der Waals surface area contributed by atoms with Crippen LogP contribution in [0.1, 0.15) is 34.2 Å². The Morgan fingerprint density at radius 2 is 2.37 bits per heavy atom. The number of thiazole rings is 1. The maximum atomic E-state index is 6.08. The molecule has 4 heteroatoms. The monoisotopic (exact) mass is 274 g/mol. The minimum absolute atomic E-state index is 0.183. The van der Waals surface area contributed by atoms with Gasteiger partial charge in [0.1, 0.15) is 5.75 Å². The van der Waals surface area contributed by atoms with E-state index in [1.807, 2.05) is 18.5 Å². The largest absolute Gasteiger partial charge is 0.493 e. The summed E-state index contributed by atoms with van der Waals surface area (Å²) in [6.45, 7) is 2.75. The summed E-state index contributed by atoms with van der Waals surface area (Å²) in [5, 5.41) is 0. The molecule has 100 valence electrons. The highest BCUT2D eigenvalue weighted by Crippen LogP contribution is 2.35. The van der Waals surface area contributed by atoms with E-state index in [9.17, 15) is 0 Å². The Morgan fingerprint density at radius 1 is 1.47 bits per heavy atom. The van der Waals surface area contributed by atoms with Crippen LogP contribution in [0, 0.1) is 6.92 Å². The van der Waals surface area contributed by atoms with E-state index in [4.69, 9.17) is 10.5 Å². The molecule has 1 unspecified atom stereocenters. The van der Waals surface area contributed by atoms with Gasteiger partial charge in [0.05, 0.1) is 17.8 Å². The first-order valence-corrected chi connectivity index (χ1v) is 7.53. The predicted octanol–water partition coefficient (Wildman–Crippen LogP) is 3.02. The van der Waals surface area contributed by atoms with Gasteiger partial charge in [0.25, 0.3) is 0 Å². The highest BCUT2D eigenvalue weighted by Gasteiger charge is 2.21. The van der Waals surface area contributed by atoms with Crippen molar-refractivity contribution in [1.29, 1.82) is 0 Å². The highest BCUT2D eigenvalue weighted by atomic mass is 32.1. The molecule has 3 nitrogen and oxygen atoms in total. The Labute approximate surface area is 117 Å². The van der Waals surface area contributed by atoms with Crippen molar-refractivity contribution in [3.63, 3.8) is 0 Å². The van der Waals surface area contributed by atoms with Gasteiger partial charge in [-0.25, -0.2) is 4.98 Å². The Morgan fingerprint density at radius 3 is 3.16 bits per heavy atom. The van der Waals surface area contributed by atoms with Crippen molar-refractivity contribution < 1.29 is 4.74 Å². The third kappa shape index (κ3) is 2.51. The molecule has 0 amide bonds. The fourth-order valence-corrected chi connectivity index (χ4v) is 3.37. The predicted molar refractivity (Wildman–Crippen MR) is 77.7 cm³/mol. The SMILES string of the molecule is Cc1ncsc1CCOc1cccc2c1CCC2N. The van der Waals surface area contributed by atoms with Gasteiger partial charge < -0.3 is 10.5 Å². The first kappa shape index (κ1) is 12.6. The minimum Gasteiger partial charge on any atom is -0.493 e. The van der Waals surface area contributed by atoms with Crippen LogP contribution in [-0.2, 0) is 12.8 Å². The summed E-state index contributed by atoms with van der Waals surface area (Å²) in [4.78, 5) is 5.57. The molecule has 1 heterocycles. The average Bonchev–Trinajstić information content (AvgIpc) is 2.98. The lowest BCUT2D eigenvalue weighted by Crippen LogP contribution is -2.06. The smallest absolute Gasteiger partial charge is 0.122 e. The van der Waals surface area contributed by atoms with Crippen molar-refractivity contribution in [1.82, 2.24) is 4.98 Å². The van der Waals surface area contributed by atoms with Crippen LogP contribution in [0.25, 0.3) is 0 Å². The molecule has 19 heavy (non-hydrogen) atoms. The number of nitrogens with two attached hydrogens (primary N) is 1. The second-order valence-electron chi connectivity index (χ2n) is 4.93. The lowest BCUT2D eigenvalue weighted by molar-refractivity contribution is 0.319. The molecule has 0 saturated heterocycles. The van der Waals surface area contributed by atoms with E-state index in [2.05, 4.69) is 17.1 Å². The summed E-state index contributed by atoms with van der Waals surface area (Å²) in [6, 6.07) is 6.39. The summed E-state index contributed by atoms with van der Waals surface area (Å²) >= 11 is 1.70. The highest BCUT2D eigenvalue weighted by molar-refractivity contribution is 7.09. The molecule has 0 spiro atoms. The first-order chi connectivity index (χ1) is 9.25. The van der Waals surface area contributed by atoms with Crippen molar-refractivity contribution in [3.05, 3.63) is 45.4 Å². The van der Waals surface area contributed by atoms with E-state index in [0.29, 0.717) is 6.61 Å². The van der Waals surface area contributed by atoms with E-state index in [-0.39, 0.29) is 6.04 Å².